The summed E-state index contributed by atoms with van der Waals surface area (Å²) in [6.45, 7) is 6.63. The minimum atomic E-state index is -0.547. The third-order valence-electron chi connectivity index (χ3n) is 2.24. The predicted octanol–water partition coefficient (Wildman–Crippen LogP) is 1.83. The van der Waals surface area contributed by atoms with Crippen molar-refractivity contribution in [1.29, 1.82) is 0 Å². The van der Waals surface area contributed by atoms with E-state index in [4.69, 9.17) is 9.84 Å². The van der Waals surface area contributed by atoms with Gasteiger partial charge in [0.1, 0.15) is 5.75 Å². The first-order valence-corrected chi connectivity index (χ1v) is 6.18. The van der Waals surface area contributed by atoms with Gasteiger partial charge in [-0.05, 0) is 31.0 Å². The Morgan fingerprint density at radius 2 is 2.11 bits per heavy atom. The van der Waals surface area contributed by atoms with Gasteiger partial charge in [-0.25, -0.2) is 0 Å². The standard InChI is InChI=1S/C14H21NO3/c1-10(2)9-18-13-6-4-5-12(7-13)14(17)15-8-11(3)16/h4-7,10-11,16H,8-9H2,1-3H3,(H,15,17). The van der Waals surface area contributed by atoms with E-state index in [0.717, 1.165) is 0 Å². The van der Waals surface area contributed by atoms with Gasteiger partial charge in [-0.3, -0.25) is 4.79 Å². The van der Waals surface area contributed by atoms with Gasteiger partial charge >= 0.3 is 0 Å². The molecule has 0 radical (unpaired) electrons. The van der Waals surface area contributed by atoms with Crippen LogP contribution in [0.3, 0.4) is 0 Å². The van der Waals surface area contributed by atoms with E-state index in [0.29, 0.717) is 23.8 Å². The Hall–Kier alpha value is -1.55. The number of amides is 1. The van der Waals surface area contributed by atoms with Crippen LogP contribution in [0.4, 0.5) is 0 Å². The molecule has 1 unspecified atom stereocenters. The molecule has 0 bridgehead atoms. The van der Waals surface area contributed by atoms with Crippen molar-refractivity contribution in [2.75, 3.05) is 13.2 Å². The third-order valence-corrected chi connectivity index (χ3v) is 2.24. The molecule has 0 fully saturated rings. The highest BCUT2D eigenvalue weighted by Crippen LogP contribution is 2.14. The van der Waals surface area contributed by atoms with Gasteiger partial charge in [-0.1, -0.05) is 19.9 Å². The van der Waals surface area contributed by atoms with Crippen molar-refractivity contribution < 1.29 is 14.6 Å². The molecule has 0 spiro atoms. The summed E-state index contributed by atoms with van der Waals surface area (Å²) >= 11 is 0. The predicted molar refractivity (Wildman–Crippen MR) is 70.8 cm³/mol. The van der Waals surface area contributed by atoms with Crippen molar-refractivity contribution in [1.82, 2.24) is 5.32 Å². The topological polar surface area (TPSA) is 58.6 Å². The quantitative estimate of drug-likeness (QED) is 0.811. The molecule has 1 aromatic carbocycles. The lowest BCUT2D eigenvalue weighted by atomic mass is 10.2. The van der Waals surface area contributed by atoms with E-state index in [1.807, 2.05) is 6.07 Å². The number of carbonyl (C=O) groups excluding carboxylic acids is 1. The fraction of sp³-hybridized carbons (Fsp3) is 0.500. The molecule has 1 amide bonds. The lowest BCUT2D eigenvalue weighted by Crippen LogP contribution is -2.30. The molecular weight excluding hydrogens is 230 g/mol. The van der Waals surface area contributed by atoms with Crippen LogP contribution in [0, 0.1) is 5.92 Å². The normalized spacial score (nSPS) is 12.3. The molecule has 4 nitrogen and oxygen atoms in total. The van der Waals surface area contributed by atoms with Crippen molar-refractivity contribution >= 4 is 5.91 Å². The third kappa shape index (κ3) is 5.19. The molecule has 2 N–H and O–H groups in total. The Bertz CT molecular complexity index is 388. The largest absolute Gasteiger partial charge is 0.493 e. The Labute approximate surface area is 108 Å². The molecule has 0 saturated heterocycles. The second kappa shape index (κ2) is 7.01. The lowest BCUT2D eigenvalue weighted by molar-refractivity contribution is 0.0923. The monoisotopic (exact) mass is 251 g/mol. The van der Waals surface area contributed by atoms with Gasteiger partial charge in [-0.2, -0.15) is 0 Å². The van der Waals surface area contributed by atoms with Crippen LogP contribution in [0.1, 0.15) is 31.1 Å². The Balaban J connectivity index is 2.60. The van der Waals surface area contributed by atoms with Gasteiger partial charge in [0.15, 0.2) is 0 Å². The van der Waals surface area contributed by atoms with E-state index in [9.17, 15) is 4.79 Å². The maximum absolute atomic E-state index is 11.8. The molecule has 1 atom stereocenters. The number of hydrogen-bond acceptors (Lipinski definition) is 3. The van der Waals surface area contributed by atoms with Gasteiger partial charge in [0, 0.05) is 12.1 Å². The van der Waals surface area contributed by atoms with E-state index < -0.39 is 6.10 Å². The number of aliphatic hydroxyl groups is 1. The van der Waals surface area contributed by atoms with Crippen LogP contribution in [0.15, 0.2) is 24.3 Å². The molecule has 100 valence electrons. The lowest BCUT2D eigenvalue weighted by Gasteiger charge is -2.10. The van der Waals surface area contributed by atoms with Gasteiger partial charge in [0.05, 0.1) is 12.7 Å². The van der Waals surface area contributed by atoms with Crippen LogP contribution in [0.2, 0.25) is 0 Å². The van der Waals surface area contributed by atoms with Gasteiger partial charge < -0.3 is 15.2 Å². The van der Waals surface area contributed by atoms with Crippen LogP contribution >= 0.6 is 0 Å². The first-order valence-electron chi connectivity index (χ1n) is 6.18. The minimum Gasteiger partial charge on any atom is -0.493 e. The molecular formula is C14H21NO3. The summed E-state index contributed by atoms with van der Waals surface area (Å²) in [4.78, 5) is 11.8. The number of rotatable bonds is 6. The number of ether oxygens (including phenoxy) is 1. The molecule has 0 heterocycles. The maximum Gasteiger partial charge on any atom is 0.251 e. The van der Waals surface area contributed by atoms with Gasteiger partial charge in [0.2, 0.25) is 0 Å². The van der Waals surface area contributed by atoms with E-state index >= 15 is 0 Å². The molecule has 0 aromatic heterocycles. The SMILES string of the molecule is CC(C)COc1cccc(C(=O)NCC(C)O)c1. The fourth-order valence-corrected chi connectivity index (χ4v) is 1.33. The summed E-state index contributed by atoms with van der Waals surface area (Å²) < 4.78 is 5.55. The molecule has 1 rings (SSSR count). The van der Waals surface area contributed by atoms with Crippen LogP contribution in [0.25, 0.3) is 0 Å². The first kappa shape index (κ1) is 14.5. The number of aliphatic hydroxyl groups excluding tert-OH is 1. The number of hydrogen-bond donors (Lipinski definition) is 2. The average molecular weight is 251 g/mol. The average Bonchev–Trinajstić information content (AvgIpc) is 2.33. The number of nitrogens with one attached hydrogen (secondary N) is 1. The van der Waals surface area contributed by atoms with Crippen LogP contribution in [-0.2, 0) is 0 Å². The summed E-state index contributed by atoms with van der Waals surface area (Å²) in [5.74, 6) is 0.928. The highest BCUT2D eigenvalue weighted by molar-refractivity contribution is 5.94. The second-order valence-electron chi connectivity index (χ2n) is 4.79. The van der Waals surface area contributed by atoms with E-state index in [1.165, 1.54) is 0 Å². The van der Waals surface area contributed by atoms with Crippen molar-refractivity contribution in [3.8, 4) is 5.75 Å². The summed E-state index contributed by atoms with van der Waals surface area (Å²) in [5, 5.41) is 11.8. The van der Waals surface area contributed by atoms with Gasteiger partial charge in [-0.15, -0.1) is 0 Å². The highest BCUT2D eigenvalue weighted by atomic mass is 16.5. The molecule has 0 aliphatic carbocycles. The fourth-order valence-electron chi connectivity index (χ4n) is 1.33. The summed E-state index contributed by atoms with van der Waals surface area (Å²) in [6.07, 6.45) is -0.547. The van der Waals surface area contributed by atoms with Crippen LogP contribution in [0.5, 0.6) is 5.75 Å². The smallest absolute Gasteiger partial charge is 0.251 e. The molecule has 18 heavy (non-hydrogen) atoms. The Morgan fingerprint density at radius 1 is 1.39 bits per heavy atom. The zero-order valence-electron chi connectivity index (χ0n) is 11.1. The van der Waals surface area contributed by atoms with Crippen LogP contribution < -0.4 is 10.1 Å². The van der Waals surface area contributed by atoms with E-state index in [1.54, 1.807) is 25.1 Å². The molecule has 0 aliphatic rings. The maximum atomic E-state index is 11.8. The van der Waals surface area contributed by atoms with Gasteiger partial charge in [0.25, 0.3) is 5.91 Å². The minimum absolute atomic E-state index is 0.203. The summed E-state index contributed by atoms with van der Waals surface area (Å²) in [5.41, 5.74) is 0.539. The van der Waals surface area contributed by atoms with Crippen LogP contribution in [-0.4, -0.2) is 30.3 Å². The molecule has 1 aromatic rings. The molecule has 4 heteroatoms. The Kier molecular flexibility index (Phi) is 5.65. The van der Waals surface area contributed by atoms with E-state index in [-0.39, 0.29) is 12.5 Å². The summed E-state index contributed by atoms with van der Waals surface area (Å²) in [6, 6.07) is 7.04. The molecule has 0 saturated carbocycles. The van der Waals surface area contributed by atoms with Crippen molar-refractivity contribution in [2.24, 2.45) is 5.92 Å². The zero-order valence-corrected chi connectivity index (χ0v) is 11.1. The summed E-state index contributed by atoms with van der Waals surface area (Å²) in [7, 11) is 0. The number of carbonyl (C=O) groups is 1. The van der Waals surface area contributed by atoms with Crippen molar-refractivity contribution in [2.45, 2.75) is 26.9 Å². The highest BCUT2D eigenvalue weighted by Gasteiger charge is 2.07. The van der Waals surface area contributed by atoms with Crippen molar-refractivity contribution in [3.63, 3.8) is 0 Å². The second-order valence-corrected chi connectivity index (χ2v) is 4.79. The van der Waals surface area contributed by atoms with Crippen molar-refractivity contribution in [3.05, 3.63) is 29.8 Å². The first-order chi connectivity index (χ1) is 8.49. The number of benzene rings is 1. The van der Waals surface area contributed by atoms with E-state index in [2.05, 4.69) is 19.2 Å². The zero-order chi connectivity index (χ0) is 13.5. The Morgan fingerprint density at radius 3 is 2.72 bits per heavy atom. The molecule has 0 aliphatic heterocycles.